The van der Waals surface area contributed by atoms with Gasteiger partial charge in [0, 0.05) is 6.42 Å². The Morgan fingerprint density at radius 1 is 1.14 bits per heavy atom. The molecule has 35 heavy (non-hydrogen) atoms. The summed E-state index contributed by atoms with van der Waals surface area (Å²) in [5.41, 5.74) is 0.746. The fraction of sp³-hybridized carbons (Fsp3) is 0.440. The van der Waals surface area contributed by atoms with Gasteiger partial charge in [-0.1, -0.05) is 31.4 Å². The summed E-state index contributed by atoms with van der Waals surface area (Å²) < 4.78 is 10.8. The lowest BCUT2D eigenvalue weighted by Gasteiger charge is -2.30. The zero-order chi connectivity index (χ0) is 24.6. The summed E-state index contributed by atoms with van der Waals surface area (Å²) in [4.78, 5) is 41.5. The molecule has 2 aliphatic heterocycles. The van der Waals surface area contributed by atoms with Crippen LogP contribution in [0.25, 0.3) is 0 Å². The molecule has 2 aromatic rings. The minimum absolute atomic E-state index is 0.306. The van der Waals surface area contributed by atoms with Gasteiger partial charge in [0.05, 0.1) is 30.9 Å². The highest BCUT2D eigenvalue weighted by Gasteiger charge is 2.52. The smallest absolute Gasteiger partial charge is 0.325 e. The second-order valence-corrected chi connectivity index (χ2v) is 10.0. The Balaban J connectivity index is 1.42. The number of nitrogens with one attached hydrogen (secondary N) is 1. The van der Waals surface area contributed by atoms with Gasteiger partial charge in [-0.15, -0.1) is 11.3 Å². The number of thiophene rings is 1. The number of hydrogen-bond acceptors (Lipinski definition) is 7. The fourth-order valence-corrected chi connectivity index (χ4v) is 5.89. The van der Waals surface area contributed by atoms with Gasteiger partial charge in [-0.3, -0.25) is 14.5 Å². The van der Waals surface area contributed by atoms with Crippen molar-refractivity contribution >= 4 is 34.9 Å². The number of carbonyl (C=O) groups excluding carboxylic acids is 3. The highest BCUT2D eigenvalue weighted by molar-refractivity contribution is 7.12. The van der Waals surface area contributed by atoms with E-state index in [2.05, 4.69) is 10.4 Å². The second-order valence-electron chi connectivity index (χ2n) is 9.06. The van der Waals surface area contributed by atoms with Gasteiger partial charge in [0.15, 0.2) is 11.5 Å². The molecule has 1 aliphatic carbocycles. The highest BCUT2D eigenvalue weighted by atomic mass is 32.1. The topological polar surface area (TPSA) is 101 Å². The van der Waals surface area contributed by atoms with Crippen LogP contribution in [0.1, 0.15) is 55.0 Å². The molecule has 1 aromatic carbocycles. The van der Waals surface area contributed by atoms with Crippen LogP contribution in [0.2, 0.25) is 0 Å². The maximum absolute atomic E-state index is 13.5. The Labute approximate surface area is 207 Å². The van der Waals surface area contributed by atoms with Crippen molar-refractivity contribution < 1.29 is 23.9 Å². The van der Waals surface area contributed by atoms with Crippen LogP contribution in [-0.4, -0.2) is 59.8 Å². The van der Waals surface area contributed by atoms with Gasteiger partial charge in [0.25, 0.3) is 11.8 Å². The van der Waals surface area contributed by atoms with Crippen LogP contribution >= 0.6 is 11.3 Å². The fourth-order valence-electron chi connectivity index (χ4n) is 5.17. The number of hydrazone groups is 1. The van der Waals surface area contributed by atoms with Crippen LogP contribution in [0.4, 0.5) is 4.79 Å². The summed E-state index contributed by atoms with van der Waals surface area (Å²) in [6.07, 6.45) is 4.55. The molecule has 1 N–H and O–H groups in total. The Hall–Kier alpha value is -3.40. The molecule has 1 aromatic heterocycles. The number of carbonyl (C=O) groups is 3. The normalized spacial score (nSPS) is 21.3. The molecular formula is C25H28N4O5S. The first-order valence-corrected chi connectivity index (χ1v) is 12.6. The van der Waals surface area contributed by atoms with Crippen LogP contribution in [0.15, 0.2) is 40.8 Å². The first-order chi connectivity index (χ1) is 17.0. The molecule has 1 unspecified atom stereocenters. The first kappa shape index (κ1) is 23.3. The number of nitrogens with zero attached hydrogens (tertiary/aromatic N) is 3. The standard InChI is InChI=1S/C25H28N4O5S/c1-33-19-9-8-16(13-20(19)34-2)18-14-17(21-7-6-12-35-21)27-29(18)22(30)15-28-23(31)25(26-24(28)32)10-4-3-5-11-25/h6-9,12-13,18H,3-5,10-11,14-15H2,1-2H3,(H,26,32). The van der Waals surface area contributed by atoms with E-state index < -0.39 is 23.5 Å². The van der Waals surface area contributed by atoms with E-state index in [1.165, 1.54) is 5.01 Å². The average molecular weight is 497 g/mol. The van der Waals surface area contributed by atoms with E-state index >= 15 is 0 Å². The largest absolute Gasteiger partial charge is 0.493 e. The SMILES string of the molecule is COc1ccc(C2CC(c3cccs3)=NN2C(=O)CN2C(=O)NC3(CCCCC3)C2=O)cc1OC. The first-order valence-electron chi connectivity index (χ1n) is 11.8. The van der Waals surface area contributed by atoms with Crippen molar-refractivity contribution in [3.63, 3.8) is 0 Å². The number of ether oxygens (including phenoxy) is 2. The second kappa shape index (κ2) is 9.33. The summed E-state index contributed by atoms with van der Waals surface area (Å²) in [6.45, 7) is -0.350. The van der Waals surface area contributed by atoms with Crippen molar-refractivity contribution in [1.29, 1.82) is 0 Å². The van der Waals surface area contributed by atoms with E-state index in [1.54, 1.807) is 31.6 Å². The summed E-state index contributed by atoms with van der Waals surface area (Å²) in [5, 5.41) is 10.9. The lowest BCUT2D eigenvalue weighted by atomic mass is 9.82. The lowest BCUT2D eigenvalue weighted by molar-refractivity contribution is -0.140. The molecule has 1 spiro atoms. The average Bonchev–Trinajstić information content (AvgIpc) is 3.61. The van der Waals surface area contributed by atoms with Crippen LogP contribution in [-0.2, 0) is 9.59 Å². The van der Waals surface area contributed by atoms with Crippen molar-refractivity contribution in [3.05, 3.63) is 46.2 Å². The van der Waals surface area contributed by atoms with Crippen LogP contribution in [0, 0.1) is 0 Å². The van der Waals surface area contributed by atoms with Crippen LogP contribution < -0.4 is 14.8 Å². The third-order valence-corrected chi connectivity index (χ3v) is 7.93. The summed E-state index contributed by atoms with van der Waals surface area (Å²) >= 11 is 1.55. The number of rotatable bonds is 6. The van der Waals surface area contributed by atoms with Gasteiger partial charge in [0.1, 0.15) is 12.1 Å². The van der Waals surface area contributed by atoms with Crippen molar-refractivity contribution in [2.75, 3.05) is 20.8 Å². The zero-order valence-corrected chi connectivity index (χ0v) is 20.6. The van der Waals surface area contributed by atoms with Crippen molar-refractivity contribution in [3.8, 4) is 11.5 Å². The third kappa shape index (κ3) is 4.16. The van der Waals surface area contributed by atoms with E-state index in [0.29, 0.717) is 30.8 Å². The Morgan fingerprint density at radius 2 is 1.91 bits per heavy atom. The van der Waals surface area contributed by atoms with E-state index in [4.69, 9.17) is 9.47 Å². The summed E-state index contributed by atoms with van der Waals surface area (Å²) in [6, 6.07) is 8.51. The van der Waals surface area contributed by atoms with Crippen LogP contribution in [0.5, 0.6) is 11.5 Å². The zero-order valence-electron chi connectivity index (χ0n) is 19.8. The van der Waals surface area contributed by atoms with Gasteiger partial charge in [-0.2, -0.15) is 5.10 Å². The number of hydrogen-bond donors (Lipinski definition) is 1. The molecule has 3 aliphatic rings. The van der Waals surface area contributed by atoms with Crippen molar-refractivity contribution in [2.24, 2.45) is 5.10 Å². The molecule has 184 valence electrons. The molecule has 10 heteroatoms. The molecule has 0 bridgehead atoms. The number of imide groups is 1. The number of urea groups is 1. The number of benzene rings is 1. The van der Waals surface area contributed by atoms with Crippen LogP contribution in [0.3, 0.4) is 0 Å². The Bertz CT molecular complexity index is 1170. The molecule has 9 nitrogen and oxygen atoms in total. The van der Waals surface area contributed by atoms with Gasteiger partial charge in [-0.25, -0.2) is 9.80 Å². The van der Waals surface area contributed by atoms with Gasteiger partial charge in [-0.05, 0) is 42.0 Å². The van der Waals surface area contributed by atoms with Gasteiger partial charge >= 0.3 is 6.03 Å². The maximum Gasteiger partial charge on any atom is 0.325 e. The monoisotopic (exact) mass is 496 g/mol. The molecule has 1 saturated carbocycles. The predicted octanol–water partition coefficient (Wildman–Crippen LogP) is 3.70. The third-order valence-electron chi connectivity index (χ3n) is 7.01. The minimum atomic E-state index is -0.866. The molecule has 2 fully saturated rings. The summed E-state index contributed by atoms with van der Waals surface area (Å²) in [7, 11) is 3.13. The maximum atomic E-state index is 13.5. The molecule has 1 atom stereocenters. The molecule has 5 rings (SSSR count). The predicted molar refractivity (Wildman–Crippen MR) is 131 cm³/mol. The number of methoxy groups -OCH3 is 2. The summed E-state index contributed by atoms with van der Waals surface area (Å²) in [5.74, 6) is 0.423. The van der Waals surface area contributed by atoms with E-state index in [1.807, 2.05) is 29.6 Å². The highest BCUT2D eigenvalue weighted by Crippen LogP contribution is 2.39. The quantitative estimate of drug-likeness (QED) is 0.615. The van der Waals surface area contributed by atoms with Gasteiger partial charge < -0.3 is 14.8 Å². The van der Waals surface area contributed by atoms with Crippen molar-refractivity contribution in [2.45, 2.75) is 50.1 Å². The molecule has 1 saturated heterocycles. The minimum Gasteiger partial charge on any atom is -0.493 e. The van der Waals surface area contributed by atoms with Gasteiger partial charge in [0.2, 0.25) is 0 Å². The Morgan fingerprint density at radius 3 is 2.60 bits per heavy atom. The van der Waals surface area contributed by atoms with E-state index in [9.17, 15) is 14.4 Å². The molecule has 3 heterocycles. The van der Waals surface area contributed by atoms with E-state index in [-0.39, 0.29) is 12.5 Å². The number of amides is 4. The molecular weight excluding hydrogens is 468 g/mol. The Kier molecular flexibility index (Phi) is 6.22. The lowest BCUT2D eigenvalue weighted by Crippen LogP contribution is -2.49. The molecule has 0 radical (unpaired) electrons. The van der Waals surface area contributed by atoms with E-state index in [0.717, 1.165) is 40.3 Å². The van der Waals surface area contributed by atoms with Crippen molar-refractivity contribution in [1.82, 2.24) is 15.2 Å². The molecule has 4 amide bonds.